The number of ether oxygens (including phenoxy) is 2. The smallest absolute Gasteiger partial charge is 0.124 e. The molecular formula is C21H29NO2. The number of hydrogen-bond donors (Lipinski definition) is 1. The lowest BCUT2D eigenvalue weighted by Gasteiger charge is -2.22. The molecule has 0 aromatic heterocycles. The molecule has 1 aliphatic carbocycles. The predicted molar refractivity (Wildman–Crippen MR) is 99.6 cm³/mol. The highest BCUT2D eigenvalue weighted by atomic mass is 16.5. The molecule has 0 amide bonds. The first-order chi connectivity index (χ1) is 11.9. The molecule has 0 radical (unpaired) electrons. The van der Waals surface area contributed by atoms with Gasteiger partial charge in [-0.2, -0.15) is 0 Å². The van der Waals surface area contributed by atoms with E-state index in [1.54, 1.807) is 7.11 Å². The van der Waals surface area contributed by atoms with Crippen molar-refractivity contribution in [2.45, 2.75) is 38.6 Å². The molecule has 1 saturated carbocycles. The summed E-state index contributed by atoms with van der Waals surface area (Å²) in [7, 11) is 1.70. The van der Waals surface area contributed by atoms with Gasteiger partial charge in [-0.15, -0.1) is 0 Å². The molecule has 24 heavy (non-hydrogen) atoms. The fourth-order valence-electron chi connectivity index (χ4n) is 3.66. The Morgan fingerprint density at radius 3 is 2.67 bits per heavy atom. The molecule has 3 nitrogen and oxygen atoms in total. The van der Waals surface area contributed by atoms with Gasteiger partial charge < -0.3 is 14.8 Å². The van der Waals surface area contributed by atoms with Crippen molar-refractivity contribution in [1.29, 1.82) is 0 Å². The van der Waals surface area contributed by atoms with Gasteiger partial charge in [-0.25, -0.2) is 0 Å². The third-order valence-corrected chi connectivity index (χ3v) is 5.00. The molecule has 0 aliphatic heterocycles. The van der Waals surface area contributed by atoms with Crippen LogP contribution in [0.15, 0.2) is 36.4 Å². The van der Waals surface area contributed by atoms with Gasteiger partial charge in [0.1, 0.15) is 12.4 Å². The van der Waals surface area contributed by atoms with Gasteiger partial charge >= 0.3 is 0 Å². The monoisotopic (exact) mass is 327 g/mol. The van der Waals surface area contributed by atoms with E-state index in [1.807, 2.05) is 0 Å². The highest BCUT2D eigenvalue weighted by Gasteiger charge is 2.14. The summed E-state index contributed by atoms with van der Waals surface area (Å²) >= 11 is 0. The summed E-state index contributed by atoms with van der Waals surface area (Å²) in [5, 5.41) is 6.23. The van der Waals surface area contributed by atoms with E-state index in [9.17, 15) is 0 Å². The van der Waals surface area contributed by atoms with Crippen LogP contribution in [0.5, 0.6) is 5.75 Å². The molecular weight excluding hydrogens is 298 g/mol. The largest absolute Gasteiger partial charge is 0.491 e. The molecule has 130 valence electrons. The highest BCUT2D eigenvalue weighted by molar-refractivity contribution is 5.87. The number of benzene rings is 2. The van der Waals surface area contributed by atoms with E-state index < -0.39 is 0 Å². The minimum atomic E-state index is 0.588. The van der Waals surface area contributed by atoms with Crippen LogP contribution < -0.4 is 10.1 Å². The molecule has 1 N–H and O–H groups in total. The van der Waals surface area contributed by atoms with Crippen LogP contribution in [0.3, 0.4) is 0 Å². The topological polar surface area (TPSA) is 30.5 Å². The van der Waals surface area contributed by atoms with Gasteiger partial charge in [0.25, 0.3) is 0 Å². The Hall–Kier alpha value is -1.58. The lowest BCUT2D eigenvalue weighted by atomic mass is 9.89. The van der Waals surface area contributed by atoms with Gasteiger partial charge in [0.15, 0.2) is 0 Å². The first-order valence-electron chi connectivity index (χ1n) is 9.21. The van der Waals surface area contributed by atoms with Crippen molar-refractivity contribution in [2.75, 3.05) is 26.9 Å². The predicted octanol–water partition coefficient (Wildman–Crippen LogP) is 4.53. The minimum Gasteiger partial charge on any atom is -0.491 e. The number of nitrogens with one attached hydrogen (secondary N) is 1. The van der Waals surface area contributed by atoms with E-state index in [2.05, 4.69) is 41.7 Å². The molecule has 2 aromatic carbocycles. The molecule has 3 rings (SSSR count). The maximum atomic E-state index is 5.96. The molecule has 1 fully saturated rings. The average Bonchev–Trinajstić information content (AvgIpc) is 2.64. The van der Waals surface area contributed by atoms with E-state index in [0.29, 0.717) is 13.2 Å². The standard InChI is InChI=1S/C21H29NO2/c1-23-13-14-24-21-12-11-18-9-5-6-10-19(18)20(21)16-22-15-17-7-3-2-4-8-17/h5-6,9-12,17,22H,2-4,7-8,13-16H2,1H3. The van der Waals surface area contributed by atoms with Crippen LogP contribution in [0.25, 0.3) is 10.8 Å². The van der Waals surface area contributed by atoms with Crippen LogP contribution in [0, 0.1) is 5.92 Å². The molecule has 2 aromatic rings. The second-order valence-electron chi connectivity index (χ2n) is 6.74. The Labute approximate surface area is 145 Å². The van der Waals surface area contributed by atoms with E-state index >= 15 is 0 Å². The van der Waals surface area contributed by atoms with Crippen molar-refractivity contribution in [3.8, 4) is 5.75 Å². The van der Waals surface area contributed by atoms with Crippen LogP contribution in [0.1, 0.15) is 37.7 Å². The summed E-state index contributed by atoms with van der Waals surface area (Å²) in [6.07, 6.45) is 6.95. The van der Waals surface area contributed by atoms with Gasteiger partial charge in [0, 0.05) is 19.2 Å². The number of rotatable bonds is 8. The fraction of sp³-hybridized carbons (Fsp3) is 0.524. The van der Waals surface area contributed by atoms with Crippen LogP contribution in [-0.4, -0.2) is 26.9 Å². The second kappa shape index (κ2) is 9.05. The third-order valence-electron chi connectivity index (χ3n) is 5.00. The molecule has 1 aliphatic rings. The molecule has 0 bridgehead atoms. The van der Waals surface area contributed by atoms with Crippen molar-refractivity contribution in [3.05, 3.63) is 42.0 Å². The summed E-state index contributed by atoms with van der Waals surface area (Å²) in [4.78, 5) is 0. The van der Waals surface area contributed by atoms with Crippen molar-refractivity contribution in [1.82, 2.24) is 5.32 Å². The van der Waals surface area contributed by atoms with Gasteiger partial charge in [0.05, 0.1) is 6.61 Å². The second-order valence-corrected chi connectivity index (χ2v) is 6.74. The third kappa shape index (κ3) is 4.49. The van der Waals surface area contributed by atoms with Gasteiger partial charge in [-0.05, 0) is 42.1 Å². The summed E-state index contributed by atoms with van der Waals surface area (Å²) < 4.78 is 11.1. The van der Waals surface area contributed by atoms with Crippen molar-refractivity contribution >= 4 is 10.8 Å². The summed E-state index contributed by atoms with van der Waals surface area (Å²) in [5.41, 5.74) is 1.26. The quantitative estimate of drug-likeness (QED) is 0.722. The Morgan fingerprint density at radius 1 is 1.00 bits per heavy atom. The maximum Gasteiger partial charge on any atom is 0.124 e. The lowest BCUT2D eigenvalue weighted by molar-refractivity contribution is 0.146. The lowest BCUT2D eigenvalue weighted by Crippen LogP contribution is -2.24. The van der Waals surface area contributed by atoms with Crippen molar-refractivity contribution in [3.63, 3.8) is 0 Å². The van der Waals surface area contributed by atoms with Crippen molar-refractivity contribution in [2.24, 2.45) is 5.92 Å². The summed E-state index contributed by atoms with van der Waals surface area (Å²) in [6, 6.07) is 12.8. The van der Waals surface area contributed by atoms with E-state index in [-0.39, 0.29) is 0 Å². The van der Waals surface area contributed by atoms with Crippen LogP contribution in [0.4, 0.5) is 0 Å². The SMILES string of the molecule is COCCOc1ccc2ccccc2c1CNCC1CCCCC1. The number of fused-ring (bicyclic) bond motifs is 1. The molecule has 0 atom stereocenters. The summed E-state index contributed by atoms with van der Waals surface area (Å²) in [5.74, 6) is 1.81. The van der Waals surface area contributed by atoms with Crippen LogP contribution in [0.2, 0.25) is 0 Å². The first kappa shape index (κ1) is 17.2. The zero-order valence-corrected chi connectivity index (χ0v) is 14.7. The van der Waals surface area contributed by atoms with Gasteiger partial charge in [-0.1, -0.05) is 49.6 Å². The fourth-order valence-corrected chi connectivity index (χ4v) is 3.66. The van der Waals surface area contributed by atoms with E-state index in [0.717, 1.165) is 24.8 Å². The molecule has 0 heterocycles. The van der Waals surface area contributed by atoms with Crippen LogP contribution in [-0.2, 0) is 11.3 Å². The number of hydrogen-bond acceptors (Lipinski definition) is 3. The molecule has 0 saturated heterocycles. The molecule has 3 heteroatoms. The Bertz CT molecular complexity index is 635. The normalized spacial score (nSPS) is 15.7. The van der Waals surface area contributed by atoms with E-state index in [1.165, 1.54) is 48.4 Å². The average molecular weight is 327 g/mol. The van der Waals surface area contributed by atoms with Crippen molar-refractivity contribution < 1.29 is 9.47 Å². The Kier molecular flexibility index (Phi) is 6.50. The minimum absolute atomic E-state index is 0.588. The Balaban J connectivity index is 1.71. The van der Waals surface area contributed by atoms with Gasteiger partial charge in [0.2, 0.25) is 0 Å². The van der Waals surface area contributed by atoms with E-state index in [4.69, 9.17) is 9.47 Å². The molecule has 0 spiro atoms. The Morgan fingerprint density at radius 2 is 1.83 bits per heavy atom. The number of methoxy groups -OCH3 is 1. The zero-order valence-electron chi connectivity index (χ0n) is 14.7. The molecule has 0 unspecified atom stereocenters. The highest BCUT2D eigenvalue weighted by Crippen LogP contribution is 2.29. The van der Waals surface area contributed by atoms with Gasteiger partial charge in [-0.3, -0.25) is 0 Å². The first-order valence-corrected chi connectivity index (χ1v) is 9.21. The summed E-state index contributed by atoms with van der Waals surface area (Å²) in [6.45, 7) is 3.17. The van der Waals surface area contributed by atoms with Crippen LogP contribution >= 0.6 is 0 Å². The zero-order chi connectivity index (χ0) is 16.6. The maximum absolute atomic E-state index is 5.96.